The highest BCUT2D eigenvalue weighted by Gasteiger charge is 2.24. The normalized spacial score (nSPS) is 12.2. The van der Waals surface area contributed by atoms with Crippen molar-refractivity contribution in [1.82, 2.24) is 5.32 Å². The number of furan rings is 1. The number of para-hydroxylation sites is 1. The van der Waals surface area contributed by atoms with Crippen molar-refractivity contribution in [3.63, 3.8) is 0 Å². The number of fused-ring (bicyclic) bond motifs is 1. The lowest BCUT2D eigenvalue weighted by atomic mass is 9.86. The van der Waals surface area contributed by atoms with Crippen LogP contribution >= 0.6 is 0 Å². The predicted octanol–water partition coefficient (Wildman–Crippen LogP) is 4.41. The maximum Gasteiger partial charge on any atom is 0.137 e. The first-order valence-electron chi connectivity index (χ1n) is 7.25. The van der Waals surface area contributed by atoms with Crippen LogP contribution in [0.25, 0.3) is 11.0 Å². The van der Waals surface area contributed by atoms with Gasteiger partial charge >= 0.3 is 0 Å². The van der Waals surface area contributed by atoms with Gasteiger partial charge in [0, 0.05) is 10.8 Å². The van der Waals surface area contributed by atoms with E-state index in [2.05, 4.69) is 57.3 Å². The van der Waals surface area contributed by atoms with Gasteiger partial charge < -0.3 is 9.73 Å². The minimum atomic E-state index is 0.0756. The number of rotatable bonds is 6. The molecule has 0 atom stereocenters. The third kappa shape index (κ3) is 3.19. The van der Waals surface area contributed by atoms with Crippen molar-refractivity contribution in [2.45, 2.75) is 46.0 Å². The van der Waals surface area contributed by atoms with Crippen molar-refractivity contribution < 1.29 is 4.42 Å². The van der Waals surface area contributed by atoms with E-state index in [1.54, 1.807) is 0 Å². The summed E-state index contributed by atoms with van der Waals surface area (Å²) in [5.41, 5.74) is 2.32. The third-order valence-electron chi connectivity index (χ3n) is 3.76. The summed E-state index contributed by atoms with van der Waals surface area (Å²) in [6, 6.07) is 8.51. The average Bonchev–Trinajstić information content (AvgIpc) is 2.81. The van der Waals surface area contributed by atoms with Crippen LogP contribution in [0.15, 0.2) is 28.7 Å². The van der Waals surface area contributed by atoms with Crippen LogP contribution in [-0.4, -0.2) is 13.1 Å². The molecule has 104 valence electrons. The summed E-state index contributed by atoms with van der Waals surface area (Å²) < 4.78 is 6.09. The van der Waals surface area contributed by atoms with Gasteiger partial charge in [0.25, 0.3) is 0 Å². The molecule has 0 unspecified atom stereocenters. The molecule has 19 heavy (non-hydrogen) atoms. The molecule has 1 N–H and O–H groups in total. The molecule has 1 aromatic heterocycles. The highest BCUT2D eigenvalue weighted by Crippen LogP contribution is 2.32. The molecule has 0 radical (unpaired) electrons. The molecule has 0 saturated carbocycles. The van der Waals surface area contributed by atoms with Gasteiger partial charge in [-0.1, -0.05) is 39.0 Å². The molecule has 0 bridgehead atoms. The molecule has 1 aromatic carbocycles. The zero-order chi connectivity index (χ0) is 13.9. The van der Waals surface area contributed by atoms with Gasteiger partial charge in [-0.25, -0.2) is 0 Å². The predicted molar refractivity (Wildman–Crippen MR) is 81.8 cm³/mol. The summed E-state index contributed by atoms with van der Waals surface area (Å²) in [5, 5.41) is 4.68. The number of benzene rings is 1. The van der Waals surface area contributed by atoms with Crippen LogP contribution in [0.1, 0.15) is 44.9 Å². The van der Waals surface area contributed by atoms with E-state index in [0.717, 1.165) is 30.9 Å². The van der Waals surface area contributed by atoms with Crippen molar-refractivity contribution >= 4 is 11.0 Å². The molecule has 0 spiro atoms. The third-order valence-corrected chi connectivity index (χ3v) is 3.76. The molecular formula is C17H25NO. The Hall–Kier alpha value is -1.28. The summed E-state index contributed by atoms with van der Waals surface area (Å²) in [4.78, 5) is 0. The first-order chi connectivity index (χ1) is 9.04. The number of nitrogens with one attached hydrogen (secondary N) is 1. The molecule has 0 amide bonds. The number of aryl methyl sites for hydroxylation is 1. The van der Waals surface area contributed by atoms with E-state index in [-0.39, 0.29) is 5.41 Å². The maximum absolute atomic E-state index is 6.09. The maximum atomic E-state index is 6.09. The van der Waals surface area contributed by atoms with Gasteiger partial charge in [0.2, 0.25) is 0 Å². The van der Waals surface area contributed by atoms with Crippen LogP contribution in [0.4, 0.5) is 0 Å². The Bertz CT molecular complexity index is 539. The SMILES string of the molecule is CCCNCCC(C)(C)c1cc2cccc(C)c2o1. The van der Waals surface area contributed by atoms with Crippen molar-refractivity contribution in [1.29, 1.82) is 0 Å². The lowest BCUT2D eigenvalue weighted by Gasteiger charge is -2.22. The molecule has 1 heterocycles. The van der Waals surface area contributed by atoms with E-state index >= 15 is 0 Å². The second-order valence-electron chi connectivity index (χ2n) is 5.99. The Balaban J connectivity index is 2.15. The van der Waals surface area contributed by atoms with E-state index in [1.807, 2.05) is 0 Å². The largest absolute Gasteiger partial charge is 0.460 e. The van der Waals surface area contributed by atoms with Crippen LogP contribution in [0.3, 0.4) is 0 Å². The minimum absolute atomic E-state index is 0.0756. The zero-order valence-corrected chi connectivity index (χ0v) is 12.5. The van der Waals surface area contributed by atoms with E-state index in [1.165, 1.54) is 17.4 Å². The average molecular weight is 259 g/mol. The second-order valence-corrected chi connectivity index (χ2v) is 5.99. The van der Waals surface area contributed by atoms with Crippen LogP contribution in [0, 0.1) is 6.92 Å². The molecule has 0 aliphatic carbocycles. The quantitative estimate of drug-likeness (QED) is 0.777. The van der Waals surface area contributed by atoms with E-state index in [4.69, 9.17) is 4.42 Å². The Morgan fingerprint density at radius 1 is 1.21 bits per heavy atom. The molecule has 2 nitrogen and oxygen atoms in total. The van der Waals surface area contributed by atoms with Crippen molar-refractivity contribution in [3.8, 4) is 0 Å². The lowest BCUT2D eigenvalue weighted by molar-refractivity contribution is 0.370. The van der Waals surface area contributed by atoms with Gasteiger partial charge in [0.05, 0.1) is 0 Å². The van der Waals surface area contributed by atoms with Crippen molar-refractivity contribution in [2.24, 2.45) is 0 Å². The zero-order valence-electron chi connectivity index (χ0n) is 12.5. The van der Waals surface area contributed by atoms with Gasteiger partial charge in [-0.3, -0.25) is 0 Å². The summed E-state index contributed by atoms with van der Waals surface area (Å²) in [6.45, 7) is 10.9. The topological polar surface area (TPSA) is 25.2 Å². The van der Waals surface area contributed by atoms with Gasteiger partial charge in [0.1, 0.15) is 11.3 Å². The second kappa shape index (κ2) is 5.79. The fourth-order valence-electron chi connectivity index (χ4n) is 2.37. The molecular weight excluding hydrogens is 234 g/mol. The Morgan fingerprint density at radius 3 is 2.68 bits per heavy atom. The van der Waals surface area contributed by atoms with Crippen molar-refractivity contribution in [3.05, 3.63) is 35.6 Å². The van der Waals surface area contributed by atoms with Gasteiger partial charge in [-0.2, -0.15) is 0 Å². The highest BCUT2D eigenvalue weighted by molar-refractivity contribution is 5.81. The molecule has 2 rings (SSSR count). The van der Waals surface area contributed by atoms with Crippen LogP contribution in [-0.2, 0) is 5.41 Å². The first-order valence-corrected chi connectivity index (χ1v) is 7.25. The standard InChI is InChI=1S/C17H25NO/c1-5-10-18-11-9-17(3,4)15-12-14-8-6-7-13(2)16(14)19-15/h6-8,12,18H,5,9-11H2,1-4H3. The summed E-state index contributed by atoms with van der Waals surface area (Å²) >= 11 is 0. The van der Waals surface area contributed by atoms with Crippen LogP contribution < -0.4 is 5.32 Å². The Labute approximate surface area is 116 Å². The van der Waals surface area contributed by atoms with E-state index < -0.39 is 0 Å². The van der Waals surface area contributed by atoms with Crippen molar-refractivity contribution in [2.75, 3.05) is 13.1 Å². The highest BCUT2D eigenvalue weighted by atomic mass is 16.3. The summed E-state index contributed by atoms with van der Waals surface area (Å²) in [6.07, 6.45) is 2.27. The first kappa shape index (κ1) is 14.1. The number of hydrogen-bond acceptors (Lipinski definition) is 2. The molecule has 0 saturated heterocycles. The van der Waals surface area contributed by atoms with E-state index in [0.29, 0.717) is 0 Å². The summed E-state index contributed by atoms with van der Waals surface area (Å²) in [7, 11) is 0. The fraction of sp³-hybridized carbons (Fsp3) is 0.529. The Kier molecular flexibility index (Phi) is 4.31. The van der Waals surface area contributed by atoms with Gasteiger partial charge in [0.15, 0.2) is 0 Å². The van der Waals surface area contributed by atoms with Gasteiger partial charge in [-0.15, -0.1) is 0 Å². The Morgan fingerprint density at radius 2 is 2.00 bits per heavy atom. The fourth-order valence-corrected chi connectivity index (χ4v) is 2.37. The number of hydrogen-bond donors (Lipinski definition) is 1. The van der Waals surface area contributed by atoms with Crippen LogP contribution in [0.5, 0.6) is 0 Å². The summed E-state index contributed by atoms with van der Waals surface area (Å²) in [5.74, 6) is 1.09. The molecule has 0 aliphatic rings. The molecule has 2 aromatic rings. The van der Waals surface area contributed by atoms with Gasteiger partial charge in [-0.05, 0) is 44.5 Å². The van der Waals surface area contributed by atoms with Crippen LogP contribution in [0.2, 0.25) is 0 Å². The molecule has 0 fully saturated rings. The van der Waals surface area contributed by atoms with E-state index in [9.17, 15) is 0 Å². The minimum Gasteiger partial charge on any atom is -0.460 e. The lowest BCUT2D eigenvalue weighted by Crippen LogP contribution is -2.25. The monoisotopic (exact) mass is 259 g/mol. The smallest absolute Gasteiger partial charge is 0.137 e. The molecule has 0 aliphatic heterocycles. The molecule has 2 heteroatoms.